The highest BCUT2D eigenvalue weighted by molar-refractivity contribution is 8.04. The molecular weight excluding hydrogens is 545 g/mol. The molecule has 0 saturated carbocycles. The van der Waals surface area contributed by atoms with Crippen molar-refractivity contribution >= 4 is 28.6 Å². The summed E-state index contributed by atoms with van der Waals surface area (Å²) in [6, 6.07) is 17.6. The second-order valence-corrected chi connectivity index (χ2v) is 12.4. The summed E-state index contributed by atoms with van der Waals surface area (Å²) in [5.41, 5.74) is -0.204. The van der Waals surface area contributed by atoms with E-state index in [0.29, 0.717) is 11.9 Å². The van der Waals surface area contributed by atoms with Crippen molar-refractivity contribution in [3.8, 4) is 0 Å². The summed E-state index contributed by atoms with van der Waals surface area (Å²) >= 11 is 1.88. The van der Waals surface area contributed by atoms with Crippen molar-refractivity contribution in [1.29, 1.82) is 0 Å². The molecule has 1 N–H and O–H groups in total. The molecule has 0 radical (unpaired) electrons. The highest BCUT2D eigenvalue weighted by Crippen LogP contribution is 2.48. The number of nitrogens with zero attached hydrogens (tertiary/aromatic N) is 1. The number of aliphatic imine (C=N–C) groups is 1. The number of hydrogen-bond donors (Lipinski definition) is 1. The Morgan fingerprint density at radius 2 is 1.34 bits per heavy atom. The van der Waals surface area contributed by atoms with Gasteiger partial charge in [-0.3, -0.25) is 0 Å². The lowest BCUT2D eigenvalue weighted by Crippen LogP contribution is -2.68. The van der Waals surface area contributed by atoms with E-state index in [1.54, 1.807) is 0 Å². The Balaban J connectivity index is 0.000000519. The average molecular weight is 572 g/mol. The van der Waals surface area contributed by atoms with Gasteiger partial charge in [0.2, 0.25) is 0 Å². The summed E-state index contributed by atoms with van der Waals surface area (Å²) in [6.07, 6.45) is 0. The molecule has 0 amide bonds. The van der Waals surface area contributed by atoms with Crippen LogP contribution in [0.25, 0.3) is 0 Å². The molecule has 0 saturated heterocycles. The number of hydrogen-bond acceptors (Lipinski definition) is 11. The Morgan fingerprint density at radius 3 is 1.71 bits per heavy atom. The van der Waals surface area contributed by atoms with Crippen LogP contribution in [0, 0.1) is 20.5 Å². The molecule has 0 aliphatic carbocycles. The highest BCUT2D eigenvalue weighted by Gasteiger charge is 2.47. The van der Waals surface area contributed by atoms with Crippen LogP contribution in [0.5, 0.6) is 0 Å². The summed E-state index contributed by atoms with van der Waals surface area (Å²) in [4.78, 5) is 10.5. The predicted molar refractivity (Wildman–Crippen MR) is 111 cm³/mol. The normalized spacial score (nSPS) is 14.9. The van der Waals surface area contributed by atoms with E-state index in [4.69, 9.17) is 47.0 Å². The zero-order valence-corrected chi connectivity index (χ0v) is 22.8. The van der Waals surface area contributed by atoms with E-state index in [0.717, 1.165) is 5.90 Å². The van der Waals surface area contributed by atoms with Crippen molar-refractivity contribution in [3.63, 3.8) is 0 Å². The molecule has 0 spiro atoms. The third-order valence-corrected chi connectivity index (χ3v) is 8.89. The Labute approximate surface area is 215 Å². The molecule has 3 rings (SSSR count). The van der Waals surface area contributed by atoms with E-state index in [2.05, 4.69) is 69.3 Å². The van der Waals surface area contributed by atoms with Crippen LogP contribution in [0.3, 0.4) is 0 Å². The monoisotopic (exact) mass is 571 g/mol. The third-order valence-electron chi connectivity index (χ3n) is 4.54. The second-order valence-electron chi connectivity index (χ2n) is 7.47. The van der Waals surface area contributed by atoms with Gasteiger partial charge in [0, 0.05) is 6.92 Å². The minimum Gasteiger partial charge on any atom is -0.481 e. The molecule has 1 unspecified atom stereocenters. The number of benzene rings is 2. The Hall–Kier alpha value is -1.13. The van der Waals surface area contributed by atoms with E-state index >= 15 is 0 Å². The van der Waals surface area contributed by atoms with Crippen LogP contribution in [0.4, 0.5) is 0 Å². The maximum Gasteiger partial charge on any atom is 0.180 e. The van der Waals surface area contributed by atoms with Gasteiger partial charge in [-0.25, -0.2) is 23.6 Å². The van der Waals surface area contributed by atoms with E-state index < -0.39 is 20.5 Å². The Morgan fingerprint density at radius 1 is 0.971 bits per heavy atom. The average Bonchev–Trinajstić information content (AvgIpc) is 2.68. The molecule has 0 bridgehead atoms. The highest BCUT2D eigenvalue weighted by atomic mass is 35.7. The molecule has 1 heterocycles. The van der Waals surface area contributed by atoms with Crippen LogP contribution in [-0.2, 0) is 15.6 Å². The zero-order chi connectivity index (χ0) is 27.0. The largest absolute Gasteiger partial charge is 0.481 e. The third kappa shape index (κ3) is 12.1. The maximum atomic E-state index is 8.60. The van der Waals surface area contributed by atoms with Crippen molar-refractivity contribution in [2.24, 2.45) is 4.99 Å². The predicted octanol–water partition coefficient (Wildman–Crippen LogP) is -3.07. The second kappa shape index (κ2) is 13.4. The maximum absolute atomic E-state index is 8.60. The van der Waals surface area contributed by atoms with Crippen molar-refractivity contribution in [1.82, 2.24) is 0 Å². The van der Waals surface area contributed by atoms with Crippen LogP contribution in [0.2, 0.25) is 0 Å². The first kappa shape index (κ1) is 31.9. The van der Waals surface area contributed by atoms with Crippen LogP contribution >= 0.6 is 11.8 Å². The SMILES string of the molecule is CCOC(C)=NC(C)(C)C(C)[S+]1c2ccccc2Sc2ccccc21.[O-][Cl+3]([O-])([O-])O.[O-][Cl+3]([O-])([O-])[O-]. The lowest BCUT2D eigenvalue weighted by atomic mass is 10.0. The van der Waals surface area contributed by atoms with Gasteiger partial charge in [0.1, 0.15) is 5.54 Å². The molecule has 35 heavy (non-hydrogen) atoms. The number of ether oxygens (including phenoxy) is 1. The fourth-order valence-electron chi connectivity index (χ4n) is 3.08. The molecular formula is C21H27Cl2NO9S2. The molecule has 0 fully saturated rings. The van der Waals surface area contributed by atoms with Crippen molar-refractivity contribution in [2.75, 3.05) is 6.61 Å². The van der Waals surface area contributed by atoms with E-state index in [9.17, 15) is 0 Å². The van der Waals surface area contributed by atoms with E-state index in [1.807, 2.05) is 25.6 Å². The molecule has 1 aliphatic rings. The first-order valence-corrected chi connectivity index (χ1v) is 14.6. The number of fused-ring (bicyclic) bond motifs is 2. The summed E-state index contributed by atoms with van der Waals surface area (Å²) in [7, 11) is -9.65. The van der Waals surface area contributed by atoms with Gasteiger partial charge in [-0.05, 0) is 52.0 Å². The fourth-order valence-corrected chi connectivity index (χ4v) is 7.38. The molecule has 1 atom stereocenters. The minimum absolute atomic E-state index is 0.0126. The summed E-state index contributed by atoms with van der Waals surface area (Å²) in [5, 5.41) is 0.367. The standard InChI is InChI=1S/C21H26NOS2.2ClHO4/c1-6-23-16(3)22-21(4,5)15(2)25-19-13-9-7-11-17(19)24-18-12-8-10-14-20(18)25;2*2-1(3,4)5/h7-15H,6H2,1-5H3;2*(H,2,3,4,5)/q+1;;/p-1. The minimum atomic E-state index is -4.94. The van der Waals surface area contributed by atoms with E-state index in [1.165, 1.54) is 19.6 Å². The lowest BCUT2D eigenvalue weighted by Gasteiger charge is -2.30. The quantitative estimate of drug-likeness (QED) is 0.222. The van der Waals surface area contributed by atoms with Gasteiger partial charge in [-0.1, -0.05) is 36.0 Å². The Kier molecular flexibility index (Phi) is 12.2. The fraction of sp³-hybridized carbons (Fsp3) is 0.381. The summed E-state index contributed by atoms with van der Waals surface area (Å²) in [5.74, 6) is 0.774. The van der Waals surface area contributed by atoms with Crippen molar-refractivity contribution in [2.45, 2.75) is 65.0 Å². The lowest BCUT2D eigenvalue weighted by molar-refractivity contribution is -2.00. The molecule has 2 aromatic carbocycles. The van der Waals surface area contributed by atoms with Gasteiger partial charge in [-0.2, -0.15) is 14.0 Å². The molecule has 0 aromatic heterocycles. The van der Waals surface area contributed by atoms with E-state index in [-0.39, 0.29) is 16.4 Å². The molecule has 1 aliphatic heterocycles. The smallest absolute Gasteiger partial charge is 0.180 e. The first-order chi connectivity index (χ1) is 15.9. The zero-order valence-electron chi connectivity index (χ0n) is 19.6. The summed E-state index contributed by atoms with van der Waals surface area (Å²) in [6.45, 7) is 11.4. The van der Waals surface area contributed by atoms with Crippen LogP contribution in [-0.4, -0.2) is 28.0 Å². The van der Waals surface area contributed by atoms with Crippen molar-refractivity contribution < 1.29 is 62.5 Å². The molecule has 14 heteroatoms. The van der Waals surface area contributed by atoms with Crippen LogP contribution in [0.15, 0.2) is 73.1 Å². The van der Waals surface area contributed by atoms with Gasteiger partial charge in [0.15, 0.2) is 20.9 Å². The van der Waals surface area contributed by atoms with Gasteiger partial charge >= 0.3 is 0 Å². The van der Waals surface area contributed by atoms with Gasteiger partial charge in [0.05, 0.1) is 42.2 Å². The van der Waals surface area contributed by atoms with Crippen LogP contribution < -0.4 is 32.6 Å². The molecule has 196 valence electrons. The topological polar surface area (TPSA) is 203 Å². The van der Waals surface area contributed by atoms with Crippen molar-refractivity contribution in [3.05, 3.63) is 48.5 Å². The van der Waals surface area contributed by atoms with Gasteiger partial charge in [-0.15, -0.1) is 10.2 Å². The number of halogens is 2. The summed E-state index contributed by atoms with van der Waals surface area (Å²) < 4.78 is 72.3. The van der Waals surface area contributed by atoms with Crippen LogP contribution in [0.1, 0.15) is 34.6 Å². The molecule has 10 nitrogen and oxygen atoms in total. The number of rotatable bonds is 4. The molecule has 2 aromatic rings. The Bertz CT molecular complexity index is 912. The van der Waals surface area contributed by atoms with Gasteiger partial charge < -0.3 is 4.74 Å². The van der Waals surface area contributed by atoms with Gasteiger partial charge in [0.25, 0.3) is 0 Å². The first-order valence-electron chi connectivity index (χ1n) is 9.97.